The summed E-state index contributed by atoms with van der Waals surface area (Å²) in [5.41, 5.74) is 4.99. The molecule has 0 amide bonds. The molecule has 1 heteroatoms. The summed E-state index contributed by atoms with van der Waals surface area (Å²) in [6.45, 7) is 0. The zero-order chi connectivity index (χ0) is 13.1. The summed E-state index contributed by atoms with van der Waals surface area (Å²) in [6, 6.07) is 17.0. The molecule has 0 heterocycles. The molecule has 2 aromatic rings. The zero-order valence-corrected chi connectivity index (χ0v) is 11.1. The Labute approximate surface area is 114 Å². The number of rotatable bonds is 0. The highest BCUT2D eigenvalue weighted by Crippen LogP contribution is 2.14. The van der Waals surface area contributed by atoms with Crippen LogP contribution in [-0.4, -0.2) is 5.78 Å². The summed E-state index contributed by atoms with van der Waals surface area (Å²) in [5.74, 6) is 0.289. The van der Waals surface area contributed by atoms with Crippen LogP contribution in [0.4, 0.5) is 0 Å². The second-order valence-electron chi connectivity index (χ2n) is 5.38. The summed E-state index contributed by atoms with van der Waals surface area (Å²) in [7, 11) is 0. The molecule has 4 aliphatic carbocycles. The maximum absolute atomic E-state index is 12.0. The zero-order valence-electron chi connectivity index (χ0n) is 11.1. The van der Waals surface area contributed by atoms with Gasteiger partial charge in [0.15, 0.2) is 0 Å². The van der Waals surface area contributed by atoms with Gasteiger partial charge in [0.25, 0.3) is 0 Å². The fourth-order valence-electron chi connectivity index (χ4n) is 2.66. The summed E-state index contributed by atoms with van der Waals surface area (Å²) < 4.78 is 0. The Balaban J connectivity index is 1.88. The highest BCUT2D eigenvalue weighted by molar-refractivity contribution is 5.83. The van der Waals surface area contributed by atoms with E-state index in [1.54, 1.807) is 0 Å². The van der Waals surface area contributed by atoms with E-state index in [2.05, 4.69) is 48.5 Å². The summed E-state index contributed by atoms with van der Waals surface area (Å²) in [5, 5.41) is 0. The number of hydrogen-bond donors (Lipinski definition) is 0. The average molecular weight is 250 g/mol. The molecule has 0 atom stereocenters. The van der Waals surface area contributed by atoms with E-state index >= 15 is 0 Å². The lowest BCUT2D eigenvalue weighted by Gasteiger charge is -2.08. The second-order valence-corrected chi connectivity index (χ2v) is 5.38. The van der Waals surface area contributed by atoms with Crippen molar-refractivity contribution in [3.8, 4) is 0 Å². The SMILES string of the molecule is O=C1Cc2ccc(cc2)CCCc2ccc(cc2)C1. The monoisotopic (exact) mass is 250 g/mol. The van der Waals surface area contributed by atoms with Crippen LogP contribution in [0.3, 0.4) is 0 Å². The van der Waals surface area contributed by atoms with Gasteiger partial charge in [-0.25, -0.2) is 0 Å². The second kappa shape index (κ2) is 5.40. The van der Waals surface area contributed by atoms with Crippen molar-refractivity contribution in [2.75, 3.05) is 0 Å². The number of carbonyl (C=O) groups is 1. The molecule has 4 aliphatic rings. The Morgan fingerprint density at radius 3 is 1.37 bits per heavy atom. The molecule has 19 heavy (non-hydrogen) atoms. The lowest BCUT2D eigenvalue weighted by atomic mass is 9.97. The van der Waals surface area contributed by atoms with Gasteiger partial charge in [0, 0.05) is 12.8 Å². The molecule has 0 fully saturated rings. The van der Waals surface area contributed by atoms with Crippen LogP contribution in [-0.2, 0) is 30.5 Å². The van der Waals surface area contributed by atoms with Crippen LogP contribution in [0.15, 0.2) is 48.5 Å². The minimum absolute atomic E-state index is 0.289. The van der Waals surface area contributed by atoms with Gasteiger partial charge in [0.05, 0.1) is 0 Å². The first-order chi connectivity index (χ1) is 9.29. The number of Topliss-reactive ketones (excluding diaryl/α,β-unsaturated/α-hetero) is 1. The van der Waals surface area contributed by atoms with Crippen molar-refractivity contribution in [3.05, 3.63) is 70.8 Å². The van der Waals surface area contributed by atoms with E-state index in [4.69, 9.17) is 0 Å². The molecule has 0 spiro atoms. The molecule has 0 aliphatic heterocycles. The van der Waals surface area contributed by atoms with E-state index in [1.165, 1.54) is 17.5 Å². The van der Waals surface area contributed by atoms with Crippen LogP contribution in [0, 0.1) is 0 Å². The molecule has 6 rings (SSSR count). The Morgan fingerprint density at radius 1 is 0.579 bits per heavy atom. The summed E-state index contributed by atoms with van der Waals surface area (Å²) in [6.07, 6.45) is 4.48. The molecule has 96 valence electrons. The highest BCUT2D eigenvalue weighted by Gasteiger charge is 2.07. The van der Waals surface area contributed by atoms with Crippen LogP contribution in [0.2, 0.25) is 0 Å². The van der Waals surface area contributed by atoms with Crippen molar-refractivity contribution in [3.63, 3.8) is 0 Å². The molecule has 0 radical (unpaired) electrons. The quantitative estimate of drug-likeness (QED) is 0.699. The maximum atomic E-state index is 12.0. The highest BCUT2D eigenvalue weighted by atomic mass is 16.1. The van der Waals surface area contributed by atoms with Gasteiger partial charge in [0.2, 0.25) is 0 Å². The van der Waals surface area contributed by atoms with Crippen molar-refractivity contribution < 1.29 is 4.79 Å². The van der Waals surface area contributed by atoms with Crippen molar-refractivity contribution >= 4 is 5.78 Å². The van der Waals surface area contributed by atoms with E-state index in [0.29, 0.717) is 12.8 Å². The van der Waals surface area contributed by atoms with Crippen LogP contribution < -0.4 is 0 Å². The van der Waals surface area contributed by atoms with E-state index < -0.39 is 0 Å². The molecule has 0 N–H and O–H groups in total. The van der Waals surface area contributed by atoms with Gasteiger partial charge in [0.1, 0.15) is 5.78 Å². The minimum Gasteiger partial charge on any atom is -0.299 e. The Morgan fingerprint density at radius 2 is 0.947 bits per heavy atom. The van der Waals surface area contributed by atoms with Gasteiger partial charge in [-0.1, -0.05) is 48.5 Å². The third kappa shape index (κ3) is 3.11. The lowest BCUT2D eigenvalue weighted by Crippen LogP contribution is -2.07. The van der Waals surface area contributed by atoms with Crippen LogP contribution in [0.5, 0.6) is 0 Å². The first kappa shape index (κ1) is 12.2. The molecule has 4 bridgehead atoms. The largest absolute Gasteiger partial charge is 0.299 e. The minimum atomic E-state index is 0.289. The van der Waals surface area contributed by atoms with Crippen molar-refractivity contribution in [1.29, 1.82) is 0 Å². The first-order valence-corrected chi connectivity index (χ1v) is 6.97. The van der Waals surface area contributed by atoms with E-state index in [0.717, 1.165) is 24.0 Å². The molecular weight excluding hydrogens is 232 g/mol. The van der Waals surface area contributed by atoms with Gasteiger partial charge < -0.3 is 0 Å². The number of aryl methyl sites for hydroxylation is 2. The molecule has 0 unspecified atom stereocenters. The molecule has 1 nitrogen and oxygen atoms in total. The molecule has 0 saturated carbocycles. The van der Waals surface area contributed by atoms with Gasteiger partial charge in [-0.15, -0.1) is 0 Å². The predicted molar refractivity (Wildman–Crippen MR) is 77.3 cm³/mol. The fraction of sp³-hybridized carbons (Fsp3) is 0.278. The van der Waals surface area contributed by atoms with Crippen LogP contribution in [0.25, 0.3) is 0 Å². The van der Waals surface area contributed by atoms with Gasteiger partial charge in [-0.05, 0) is 41.5 Å². The van der Waals surface area contributed by atoms with Gasteiger partial charge in [-0.3, -0.25) is 4.79 Å². The molecule has 2 aromatic carbocycles. The third-order valence-electron chi connectivity index (χ3n) is 3.78. The third-order valence-corrected chi connectivity index (χ3v) is 3.78. The standard InChI is InChI=1S/C18H18O/c19-18-12-16-8-4-14(5-9-16)2-1-3-15-6-10-17(13-18)11-7-15/h4-11H,1-3,12-13H2. The lowest BCUT2D eigenvalue weighted by molar-refractivity contribution is -0.117. The van der Waals surface area contributed by atoms with Gasteiger partial charge >= 0.3 is 0 Å². The summed E-state index contributed by atoms with van der Waals surface area (Å²) >= 11 is 0. The fourth-order valence-corrected chi connectivity index (χ4v) is 2.66. The van der Waals surface area contributed by atoms with E-state index in [9.17, 15) is 4.79 Å². The van der Waals surface area contributed by atoms with Gasteiger partial charge in [-0.2, -0.15) is 0 Å². The Kier molecular flexibility index (Phi) is 3.45. The Hall–Kier alpha value is -1.89. The van der Waals surface area contributed by atoms with Crippen molar-refractivity contribution in [1.82, 2.24) is 0 Å². The normalized spacial score (nSPS) is 15.5. The average Bonchev–Trinajstić information content (AvgIpc) is 2.42. The maximum Gasteiger partial charge on any atom is 0.141 e. The van der Waals surface area contributed by atoms with E-state index in [1.807, 2.05) is 0 Å². The van der Waals surface area contributed by atoms with Crippen molar-refractivity contribution in [2.24, 2.45) is 0 Å². The molecular formula is C18H18O. The van der Waals surface area contributed by atoms with E-state index in [-0.39, 0.29) is 5.78 Å². The van der Waals surface area contributed by atoms with Crippen LogP contribution >= 0.6 is 0 Å². The number of benzene rings is 2. The summed E-state index contributed by atoms with van der Waals surface area (Å²) in [4.78, 5) is 12.0. The predicted octanol–water partition coefficient (Wildman–Crippen LogP) is 3.53. The molecule has 0 saturated heterocycles. The first-order valence-electron chi connectivity index (χ1n) is 6.97. The Bertz CT molecular complexity index is 512. The number of carbonyl (C=O) groups excluding carboxylic acids is 1. The van der Waals surface area contributed by atoms with Crippen LogP contribution in [0.1, 0.15) is 28.7 Å². The number of hydrogen-bond acceptors (Lipinski definition) is 1. The topological polar surface area (TPSA) is 17.1 Å². The smallest absolute Gasteiger partial charge is 0.141 e. The van der Waals surface area contributed by atoms with Crippen molar-refractivity contribution in [2.45, 2.75) is 32.1 Å². The number of ketones is 1. The molecule has 0 aromatic heterocycles.